The first-order valence-electron chi connectivity index (χ1n) is 5.37. The van der Waals surface area contributed by atoms with E-state index in [2.05, 4.69) is 10.3 Å². The number of ether oxygens (including phenoxy) is 1. The van der Waals surface area contributed by atoms with E-state index in [9.17, 15) is 9.59 Å². The fourth-order valence-corrected chi connectivity index (χ4v) is 1.77. The second-order valence-corrected chi connectivity index (χ2v) is 5.44. The first-order valence-corrected chi connectivity index (χ1v) is 6.31. The molecule has 1 aromatic heterocycles. The van der Waals surface area contributed by atoms with Gasteiger partial charge in [0.05, 0.1) is 11.2 Å². The number of carbonyl (C=O) groups is 2. The highest BCUT2D eigenvalue weighted by atomic mass is 35.5. The van der Waals surface area contributed by atoms with E-state index in [1.807, 2.05) is 0 Å². The number of thiazole rings is 1. The zero-order chi connectivity index (χ0) is 13.8. The number of rotatable bonds is 4. The van der Waals surface area contributed by atoms with E-state index in [0.717, 1.165) is 0 Å². The number of hydrogen-bond donors (Lipinski definition) is 2. The minimum Gasteiger partial charge on any atom is -0.480 e. The van der Waals surface area contributed by atoms with Gasteiger partial charge in [-0.15, -0.1) is 23.7 Å². The Hall–Kier alpha value is -1.34. The zero-order valence-electron chi connectivity index (χ0n) is 10.9. The number of carboxylic acids is 1. The van der Waals surface area contributed by atoms with Gasteiger partial charge in [-0.2, -0.15) is 0 Å². The Labute approximate surface area is 121 Å². The Morgan fingerprint density at radius 1 is 1.53 bits per heavy atom. The zero-order valence-corrected chi connectivity index (χ0v) is 12.5. The topological polar surface area (TPSA) is 88.5 Å². The summed E-state index contributed by atoms with van der Waals surface area (Å²) < 4.78 is 5.01. The Balaban J connectivity index is 0.00000324. The van der Waals surface area contributed by atoms with Crippen molar-refractivity contribution in [1.82, 2.24) is 10.3 Å². The van der Waals surface area contributed by atoms with Gasteiger partial charge in [0.1, 0.15) is 11.6 Å². The summed E-state index contributed by atoms with van der Waals surface area (Å²) in [5, 5.41) is 13.1. The van der Waals surface area contributed by atoms with Crippen LogP contribution in [0, 0.1) is 0 Å². The molecule has 1 amide bonds. The summed E-state index contributed by atoms with van der Waals surface area (Å²) in [6, 6.07) is -1.04. The number of alkyl carbamates (subject to hydrolysis) is 1. The normalized spacial score (nSPS) is 12.2. The number of aromatic nitrogens is 1. The van der Waals surface area contributed by atoms with E-state index in [1.165, 1.54) is 11.3 Å². The molecule has 6 nitrogen and oxygen atoms in total. The SMILES string of the molecule is CC(C)(C)OC(=O)NC(Cc1cscn1)C(=O)O.Cl. The van der Waals surface area contributed by atoms with E-state index in [4.69, 9.17) is 9.84 Å². The van der Waals surface area contributed by atoms with Gasteiger partial charge in [0.2, 0.25) is 0 Å². The van der Waals surface area contributed by atoms with Crippen molar-refractivity contribution >= 4 is 35.8 Å². The summed E-state index contributed by atoms with van der Waals surface area (Å²) in [5.74, 6) is -1.12. The Morgan fingerprint density at radius 3 is 2.58 bits per heavy atom. The molecule has 0 bridgehead atoms. The molecule has 2 N–H and O–H groups in total. The largest absolute Gasteiger partial charge is 0.480 e. The maximum atomic E-state index is 11.5. The molecule has 0 aliphatic rings. The molecular formula is C11H17ClN2O4S. The van der Waals surface area contributed by atoms with Gasteiger partial charge in [-0.05, 0) is 20.8 Å². The van der Waals surface area contributed by atoms with Gasteiger partial charge in [0.25, 0.3) is 0 Å². The Bertz CT molecular complexity index is 417. The molecule has 0 aliphatic carbocycles. The average Bonchev–Trinajstić information content (AvgIpc) is 2.66. The van der Waals surface area contributed by atoms with Crippen LogP contribution >= 0.6 is 23.7 Å². The van der Waals surface area contributed by atoms with Gasteiger partial charge < -0.3 is 15.2 Å². The molecule has 1 aromatic rings. The van der Waals surface area contributed by atoms with E-state index < -0.39 is 23.7 Å². The second-order valence-electron chi connectivity index (χ2n) is 4.72. The lowest BCUT2D eigenvalue weighted by molar-refractivity contribution is -0.139. The van der Waals surface area contributed by atoms with Crippen LogP contribution < -0.4 is 5.32 Å². The van der Waals surface area contributed by atoms with Crippen LogP contribution in [0.15, 0.2) is 10.9 Å². The minimum absolute atomic E-state index is 0. The second kappa shape index (κ2) is 7.30. The molecular weight excluding hydrogens is 292 g/mol. The molecule has 0 saturated heterocycles. The summed E-state index contributed by atoms with van der Waals surface area (Å²) in [5.41, 5.74) is 1.58. The lowest BCUT2D eigenvalue weighted by Crippen LogP contribution is -2.44. The highest BCUT2D eigenvalue weighted by molar-refractivity contribution is 7.07. The molecule has 0 saturated carbocycles. The molecule has 0 radical (unpaired) electrons. The number of carbonyl (C=O) groups excluding carboxylic acids is 1. The van der Waals surface area contributed by atoms with Crippen LogP contribution in [0.3, 0.4) is 0 Å². The Morgan fingerprint density at radius 2 is 2.16 bits per heavy atom. The molecule has 0 aliphatic heterocycles. The lowest BCUT2D eigenvalue weighted by Gasteiger charge is -2.21. The van der Waals surface area contributed by atoms with Gasteiger partial charge in [-0.1, -0.05) is 0 Å². The molecule has 1 rings (SSSR count). The minimum atomic E-state index is -1.12. The standard InChI is InChI=1S/C11H16N2O4S.ClH/c1-11(2,3)17-10(16)13-8(9(14)15)4-7-5-18-6-12-7;/h5-6,8H,4H2,1-3H3,(H,13,16)(H,14,15);1H. The quantitative estimate of drug-likeness (QED) is 0.889. The number of amides is 1. The smallest absolute Gasteiger partial charge is 0.408 e. The fraction of sp³-hybridized carbons (Fsp3) is 0.545. The van der Waals surface area contributed by atoms with Gasteiger partial charge in [-0.3, -0.25) is 0 Å². The Kier molecular flexibility index (Phi) is 6.78. The van der Waals surface area contributed by atoms with E-state index in [-0.39, 0.29) is 18.8 Å². The van der Waals surface area contributed by atoms with Gasteiger partial charge in [0.15, 0.2) is 0 Å². The molecule has 1 atom stereocenters. The summed E-state index contributed by atoms with van der Waals surface area (Å²) in [6.07, 6.45) is -0.608. The number of aliphatic carboxylic acids is 1. The predicted octanol–water partition coefficient (Wildman–Crippen LogP) is 2.09. The third-order valence-corrected chi connectivity index (χ3v) is 2.52. The summed E-state index contributed by atoms with van der Waals surface area (Å²) in [6.45, 7) is 5.13. The van der Waals surface area contributed by atoms with Gasteiger partial charge in [-0.25, -0.2) is 14.6 Å². The molecule has 1 heterocycles. The van der Waals surface area contributed by atoms with Crippen LogP contribution in [0.1, 0.15) is 26.5 Å². The highest BCUT2D eigenvalue weighted by Crippen LogP contribution is 2.08. The molecule has 1 unspecified atom stereocenters. The molecule has 19 heavy (non-hydrogen) atoms. The summed E-state index contributed by atoms with van der Waals surface area (Å²) in [7, 11) is 0. The van der Waals surface area contributed by atoms with Crippen LogP contribution in [-0.2, 0) is 16.0 Å². The predicted molar refractivity (Wildman–Crippen MR) is 73.9 cm³/mol. The fourth-order valence-electron chi connectivity index (χ4n) is 1.20. The van der Waals surface area contributed by atoms with Crippen LogP contribution in [-0.4, -0.2) is 33.8 Å². The first-order chi connectivity index (χ1) is 8.28. The molecule has 0 fully saturated rings. The number of nitrogens with zero attached hydrogens (tertiary/aromatic N) is 1. The number of nitrogens with one attached hydrogen (secondary N) is 1. The first kappa shape index (κ1) is 17.7. The molecule has 8 heteroatoms. The van der Waals surface area contributed by atoms with Crippen molar-refractivity contribution in [2.45, 2.75) is 38.8 Å². The lowest BCUT2D eigenvalue weighted by atomic mass is 10.2. The van der Waals surface area contributed by atoms with Crippen molar-refractivity contribution in [2.24, 2.45) is 0 Å². The van der Waals surface area contributed by atoms with Gasteiger partial charge in [0, 0.05) is 11.8 Å². The molecule has 0 aromatic carbocycles. The number of hydrogen-bond acceptors (Lipinski definition) is 5. The van der Waals surface area contributed by atoms with E-state index >= 15 is 0 Å². The van der Waals surface area contributed by atoms with Crippen molar-refractivity contribution in [2.75, 3.05) is 0 Å². The van der Waals surface area contributed by atoms with E-state index in [1.54, 1.807) is 31.7 Å². The highest BCUT2D eigenvalue weighted by Gasteiger charge is 2.24. The number of carboxylic acid groups (broad SMARTS) is 1. The summed E-state index contributed by atoms with van der Waals surface area (Å²) in [4.78, 5) is 26.5. The maximum absolute atomic E-state index is 11.5. The van der Waals surface area contributed by atoms with Crippen molar-refractivity contribution in [3.05, 3.63) is 16.6 Å². The average molecular weight is 309 g/mol. The van der Waals surface area contributed by atoms with Crippen LogP contribution in [0.5, 0.6) is 0 Å². The molecule has 108 valence electrons. The third-order valence-electron chi connectivity index (χ3n) is 1.89. The monoisotopic (exact) mass is 308 g/mol. The number of halogens is 1. The van der Waals surface area contributed by atoms with E-state index in [0.29, 0.717) is 5.69 Å². The van der Waals surface area contributed by atoms with Crippen molar-refractivity contribution in [3.8, 4) is 0 Å². The third kappa shape index (κ3) is 6.97. The van der Waals surface area contributed by atoms with Crippen molar-refractivity contribution < 1.29 is 19.4 Å². The van der Waals surface area contributed by atoms with Crippen LogP contribution in [0.4, 0.5) is 4.79 Å². The molecule has 0 spiro atoms. The van der Waals surface area contributed by atoms with Crippen LogP contribution in [0.2, 0.25) is 0 Å². The van der Waals surface area contributed by atoms with Crippen molar-refractivity contribution in [3.63, 3.8) is 0 Å². The van der Waals surface area contributed by atoms with Crippen molar-refractivity contribution in [1.29, 1.82) is 0 Å². The maximum Gasteiger partial charge on any atom is 0.408 e. The van der Waals surface area contributed by atoms with Gasteiger partial charge >= 0.3 is 12.1 Å². The van der Waals surface area contributed by atoms with Crippen LogP contribution in [0.25, 0.3) is 0 Å². The summed E-state index contributed by atoms with van der Waals surface area (Å²) >= 11 is 1.37.